The SMILES string of the molecule is NC(=S)C1(C(=O)N2CCOC3CCCC32)CCOCC1. The predicted octanol–water partition coefficient (Wildman–Crippen LogP) is 0.849. The molecular weight excluding hydrogens is 276 g/mol. The number of carbonyl (C=O) groups excluding carboxylic acids is 1. The van der Waals surface area contributed by atoms with Crippen LogP contribution >= 0.6 is 12.2 Å². The largest absolute Gasteiger partial charge is 0.392 e. The zero-order valence-corrected chi connectivity index (χ0v) is 12.5. The van der Waals surface area contributed by atoms with Gasteiger partial charge in [0.05, 0.1) is 23.7 Å². The van der Waals surface area contributed by atoms with Crippen LogP contribution in [0.3, 0.4) is 0 Å². The van der Waals surface area contributed by atoms with Crippen molar-refractivity contribution in [2.75, 3.05) is 26.4 Å². The van der Waals surface area contributed by atoms with Crippen molar-refractivity contribution in [2.45, 2.75) is 44.2 Å². The molecule has 0 spiro atoms. The minimum absolute atomic E-state index is 0.105. The number of thiocarbonyl (C=S) groups is 1. The van der Waals surface area contributed by atoms with Gasteiger partial charge in [0, 0.05) is 19.8 Å². The number of rotatable bonds is 2. The average molecular weight is 298 g/mol. The van der Waals surface area contributed by atoms with Crippen molar-refractivity contribution >= 4 is 23.1 Å². The number of ether oxygens (including phenoxy) is 2. The summed E-state index contributed by atoms with van der Waals surface area (Å²) < 4.78 is 11.2. The molecule has 2 heterocycles. The lowest BCUT2D eigenvalue weighted by Crippen LogP contribution is -2.59. The highest BCUT2D eigenvalue weighted by Gasteiger charge is 2.49. The van der Waals surface area contributed by atoms with Crippen LogP contribution in [0, 0.1) is 5.41 Å². The Labute approximate surface area is 124 Å². The summed E-state index contributed by atoms with van der Waals surface area (Å²) in [4.78, 5) is 15.4. The van der Waals surface area contributed by atoms with Crippen molar-refractivity contribution in [1.29, 1.82) is 0 Å². The van der Waals surface area contributed by atoms with E-state index in [-0.39, 0.29) is 18.1 Å². The van der Waals surface area contributed by atoms with Gasteiger partial charge in [-0.15, -0.1) is 0 Å². The van der Waals surface area contributed by atoms with Gasteiger partial charge in [-0.25, -0.2) is 0 Å². The highest BCUT2D eigenvalue weighted by Crippen LogP contribution is 2.37. The molecule has 0 radical (unpaired) electrons. The number of fused-ring (bicyclic) bond motifs is 1. The molecule has 3 aliphatic rings. The maximum Gasteiger partial charge on any atom is 0.236 e. The van der Waals surface area contributed by atoms with Gasteiger partial charge in [-0.2, -0.15) is 0 Å². The number of morpholine rings is 1. The minimum atomic E-state index is -0.696. The lowest BCUT2D eigenvalue weighted by molar-refractivity contribution is -0.155. The second-order valence-corrected chi connectivity index (χ2v) is 6.40. The van der Waals surface area contributed by atoms with Gasteiger partial charge in [0.15, 0.2) is 0 Å². The fourth-order valence-electron chi connectivity index (χ4n) is 3.74. The van der Waals surface area contributed by atoms with Crippen molar-refractivity contribution in [1.82, 2.24) is 4.90 Å². The number of hydrogen-bond donors (Lipinski definition) is 1. The number of nitrogens with zero attached hydrogens (tertiary/aromatic N) is 1. The zero-order valence-electron chi connectivity index (χ0n) is 11.7. The number of carbonyl (C=O) groups is 1. The summed E-state index contributed by atoms with van der Waals surface area (Å²) in [6.07, 6.45) is 4.63. The highest BCUT2D eigenvalue weighted by molar-refractivity contribution is 7.80. The fraction of sp³-hybridized carbons (Fsp3) is 0.857. The monoisotopic (exact) mass is 298 g/mol. The first-order chi connectivity index (χ1) is 9.65. The Morgan fingerprint density at radius 2 is 2.00 bits per heavy atom. The van der Waals surface area contributed by atoms with Gasteiger partial charge >= 0.3 is 0 Å². The van der Waals surface area contributed by atoms with E-state index in [4.69, 9.17) is 27.4 Å². The van der Waals surface area contributed by atoms with Gasteiger partial charge in [0.2, 0.25) is 5.91 Å². The standard InChI is InChI=1S/C14H22N2O3S/c15-12(20)14(4-7-18-8-5-14)13(17)16-6-9-19-11-3-1-2-10(11)16/h10-11H,1-9H2,(H2,15,20). The molecule has 6 heteroatoms. The van der Waals surface area contributed by atoms with Gasteiger partial charge in [0.1, 0.15) is 5.41 Å². The maximum atomic E-state index is 13.1. The molecule has 2 N–H and O–H groups in total. The molecule has 0 aromatic rings. The molecule has 0 aromatic carbocycles. The van der Waals surface area contributed by atoms with E-state index in [2.05, 4.69) is 0 Å². The first-order valence-corrected chi connectivity index (χ1v) is 7.86. The Morgan fingerprint density at radius 3 is 2.70 bits per heavy atom. The summed E-state index contributed by atoms with van der Waals surface area (Å²) in [5, 5.41) is 0. The van der Waals surface area contributed by atoms with Gasteiger partial charge in [-0.05, 0) is 32.1 Å². The Bertz CT molecular complexity index is 409. The lowest BCUT2D eigenvalue weighted by Gasteiger charge is -2.44. The molecule has 0 bridgehead atoms. The van der Waals surface area contributed by atoms with Crippen LogP contribution in [0.5, 0.6) is 0 Å². The van der Waals surface area contributed by atoms with Gasteiger partial charge in [0.25, 0.3) is 0 Å². The van der Waals surface area contributed by atoms with Crippen LogP contribution in [0.15, 0.2) is 0 Å². The lowest BCUT2D eigenvalue weighted by atomic mass is 9.78. The maximum absolute atomic E-state index is 13.1. The quantitative estimate of drug-likeness (QED) is 0.766. The third-order valence-corrected chi connectivity index (χ3v) is 5.36. The summed E-state index contributed by atoms with van der Waals surface area (Å²) in [6.45, 7) is 2.39. The molecule has 2 unspecified atom stereocenters. The molecular formula is C14H22N2O3S. The van der Waals surface area contributed by atoms with E-state index in [0.29, 0.717) is 44.2 Å². The normalized spacial score (nSPS) is 32.7. The van der Waals surface area contributed by atoms with E-state index >= 15 is 0 Å². The van der Waals surface area contributed by atoms with Crippen molar-refractivity contribution in [3.05, 3.63) is 0 Å². The molecule has 2 atom stereocenters. The van der Waals surface area contributed by atoms with E-state index < -0.39 is 5.41 Å². The summed E-state index contributed by atoms with van der Waals surface area (Å²) >= 11 is 5.24. The third kappa shape index (κ3) is 2.23. The molecule has 3 rings (SSSR count). The minimum Gasteiger partial charge on any atom is -0.392 e. The third-order valence-electron chi connectivity index (χ3n) is 4.97. The van der Waals surface area contributed by atoms with Crippen molar-refractivity contribution < 1.29 is 14.3 Å². The highest BCUT2D eigenvalue weighted by atomic mass is 32.1. The molecule has 1 saturated carbocycles. The van der Waals surface area contributed by atoms with Crippen molar-refractivity contribution in [3.8, 4) is 0 Å². The van der Waals surface area contributed by atoms with Gasteiger partial charge in [-0.3, -0.25) is 4.79 Å². The fourth-order valence-corrected chi connectivity index (χ4v) is 4.03. The van der Waals surface area contributed by atoms with Crippen LogP contribution in [0.25, 0.3) is 0 Å². The smallest absolute Gasteiger partial charge is 0.236 e. The van der Waals surface area contributed by atoms with Crippen molar-refractivity contribution in [3.63, 3.8) is 0 Å². The molecule has 0 aromatic heterocycles. The Hall–Kier alpha value is -0.720. The Morgan fingerprint density at radius 1 is 1.25 bits per heavy atom. The summed E-state index contributed by atoms with van der Waals surface area (Å²) in [5.74, 6) is 0.105. The average Bonchev–Trinajstić information content (AvgIpc) is 2.95. The van der Waals surface area contributed by atoms with Crippen LogP contribution in [0.2, 0.25) is 0 Å². The van der Waals surface area contributed by atoms with Crippen LogP contribution < -0.4 is 5.73 Å². The van der Waals surface area contributed by atoms with E-state index in [1.807, 2.05) is 4.90 Å². The summed E-state index contributed by atoms with van der Waals surface area (Å²) in [6, 6.07) is 0.213. The second-order valence-electron chi connectivity index (χ2n) is 5.96. The molecule has 5 nitrogen and oxygen atoms in total. The molecule has 20 heavy (non-hydrogen) atoms. The first-order valence-electron chi connectivity index (χ1n) is 7.45. The van der Waals surface area contributed by atoms with E-state index in [1.54, 1.807) is 0 Å². The topological polar surface area (TPSA) is 64.8 Å². The van der Waals surface area contributed by atoms with Crippen LogP contribution in [-0.4, -0.2) is 54.3 Å². The molecule has 112 valence electrons. The second kappa shape index (κ2) is 5.58. The molecule has 2 saturated heterocycles. The predicted molar refractivity (Wildman–Crippen MR) is 78.4 cm³/mol. The Balaban J connectivity index is 1.83. The molecule has 3 fully saturated rings. The van der Waals surface area contributed by atoms with Gasteiger partial charge in [-0.1, -0.05) is 12.2 Å². The van der Waals surface area contributed by atoms with Crippen molar-refractivity contribution in [2.24, 2.45) is 11.1 Å². The van der Waals surface area contributed by atoms with Crippen LogP contribution in [-0.2, 0) is 14.3 Å². The first kappa shape index (κ1) is 14.2. The zero-order chi connectivity index (χ0) is 14.2. The molecule has 2 aliphatic heterocycles. The number of amides is 1. The Kier molecular flexibility index (Phi) is 3.97. The number of hydrogen-bond acceptors (Lipinski definition) is 4. The summed E-state index contributed by atoms with van der Waals surface area (Å²) in [5.41, 5.74) is 5.25. The van der Waals surface area contributed by atoms with Crippen LogP contribution in [0.1, 0.15) is 32.1 Å². The molecule has 1 amide bonds. The van der Waals surface area contributed by atoms with E-state index in [1.165, 1.54) is 0 Å². The number of nitrogens with two attached hydrogens (primary N) is 1. The van der Waals surface area contributed by atoms with Gasteiger partial charge < -0.3 is 20.1 Å². The molecule has 1 aliphatic carbocycles. The summed E-state index contributed by atoms with van der Waals surface area (Å²) in [7, 11) is 0. The van der Waals surface area contributed by atoms with E-state index in [9.17, 15) is 4.79 Å². The van der Waals surface area contributed by atoms with Crippen LogP contribution in [0.4, 0.5) is 0 Å². The van der Waals surface area contributed by atoms with E-state index in [0.717, 1.165) is 19.3 Å².